The molecule has 0 aliphatic carbocycles. The van der Waals surface area contributed by atoms with Crippen molar-refractivity contribution in [2.24, 2.45) is 17.8 Å². The van der Waals surface area contributed by atoms with E-state index < -0.39 is 5.79 Å². The molecule has 0 amide bonds. The SMILES string of the molecule is CC1OC(COC2OC(COCc3ccccc3)C(C)C(C)C2C)C2OC(C)(C)OC12. The van der Waals surface area contributed by atoms with Gasteiger partial charge in [0.05, 0.1) is 32.0 Å². The Bertz CT molecular complexity index is 709. The summed E-state index contributed by atoms with van der Waals surface area (Å²) in [5.41, 5.74) is 1.17. The van der Waals surface area contributed by atoms with Crippen molar-refractivity contribution < 1.29 is 28.4 Å². The fraction of sp³-hybridized carbons (Fsp3) is 0.760. The minimum absolute atomic E-state index is 0.000998. The molecule has 0 spiro atoms. The molecule has 3 aliphatic rings. The molecule has 6 heteroatoms. The van der Waals surface area contributed by atoms with Crippen molar-refractivity contribution in [3.63, 3.8) is 0 Å². The summed E-state index contributed by atoms with van der Waals surface area (Å²) in [4.78, 5) is 0. The molecule has 3 saturated heterocycles. The summed E-state index contributed by atoms with van der Waals surface area (Å²) in [6, 6.07) is 10.2. The van der Waals surface area contributed by atoms with E-state index in [0.717, 1.165) is 0 Å². The van der Waals surface area contributed by atoms with Gasteiger partial charge < -0.3 is 28.4 Å². The first-order chi connectivity index (χ1) is 14.7. The van der Waals surface area contributed by atoms with Gasteiger partial charge >= 0.3 is 0 Å². The maximum atomic E-state index is 6.38. The van der Waals surface area contributed by atoms with E-state index in [0.29, 0.717) is 31.7 Å². The Balaban J connectivity index is 1.31. The maximum absolute atomic E-state index is 6.38. The van der Waals surface area contributed by atoms with Crippen molar-refractivity contribution in [3.05, 3.63) is 35.9 Å². The lowest BCUT2D eigenvalue weighted by molar-refractivity contribution is -0.268. The summed E-state index contributed by atoms with van der Waals surface area (Å²) < 4.78 is 36.8. The summed E-state index contributed by atoms with van der Waals surface area (Å²) >= 11 is 0. The van der Waals surface area contributed by atoms with Crippen LogP contribution in [0.5, 0.6) is 0 Å². The van der Waals surface area contributed by atoms with Crippen LogP contribution < -0.4 is 0 Å². The second-order valence-corrected chi connectivity index (χ2v) is 9.90. The molecule has 3 fully saturated rings. The summed E-state index contributed by atoms with van der Waals surface area (Å²) in [5, 5.41) is 0. The number of ether oxygens (including phenoxy) is 6. The van der Waals surface area contributed by atoms with E-state index in [4.69, 9.17) is 28.4 Å². The number of rotatable bonds is 7. The van der Waals surface area contributed by atoms with Gasteiger partial charge in [-0.05, 0) is 38.2 Å². The Morgan fingerprint density at radius 3 is 2.26 bits per heavy atom. The first-order valence-corrected chi connectivity index (χ1v) is 11.6. The van der Waals surface area contributed by atoms with Gasteiger partial charge in [0.2, 0.25) is 0 Å². The average Bonchev–Trinajstić information content (AvgIpc) is 3.21. The molecule has 0 aromatic heterocycles. The number of hydrogen-bond donors (Lipinski definition) is 0. The van der Waals surface area contributed by atoms with Crippen molar-refractivity contribution in [2.75, 3.05) is 13.2 Å². The fourth-order valence-electron chi connectivity index (χ4n) is 4.96. The third kappa shape index (κ3) is 5.15. The van der Waals surface area contributed by atoms with E-state index in [-0.39, 0.29) is 42.7 Å². The monoisotopic (exact) mass is 434 g/mol. The van der Waals surface area contributed by atoms with Crippen LogP contribution in [0.25, 0.3) is 0 Å². The predicted molar refractivity (Wildman–Crippen MR) is 116 cm³/mol. The molecule has 3 heterocycles. The first kappa shape index (κ1) is 23.1. The lowest BCUT2D eigenvalue weighted by Gasteiger charge is -2.43. The Hall–Kier alpha value is -1.02. The number of benzene rings is 1. The van der Waals surface area contributed by atoms with Gasteiger partial charge in [0.15, 0.2) is 12.1 Å². The number of fused-ring (bicyclic) bond motifs is 1. The van der Waals surface area contributed by atoms with Gasteiger partial charge in [-0.1, -0.05) is 51.1 Å². The van der Waals surface area contributed by atoms with E-state index in [1.807, 2.05) is 39.0 Å². The molecule has 0 radical (unpaired) electrons. The van der Waals surface area contributed by atoms with E-state index in [2.05, 4.69) is 32.9 Å². The van der Waals surface area contributed by atoms with Crippen LogP contribution in [0.4, 0.5) is 0 Å². The maximum Gasteiger partial charge on any atom is 0.164 e. The molecule has 0 N–H and O–H groups in total. The fourth-order valence-corrected chi connectivity index (χ4v) is 4.96. The zero-order valence-corrected chi connectivity index (χ0v) is 19.7. The van der Waals surface area contributed by atoms with Gasteiger partial charge in [-0.25, -0.2) is 0 Å². The zero-order valence-electron chi connectivity index (χ0n) is 19.7. The van der Waals surface area contributed by atoms with Gasteiger partial charge in [0.1, 0.15) is 18.3 Å². The van der Waals surface area contributed by atoms with Crippen LogP contribution in [0.3, 0.4) is 0 Å². The minimum atomic E-state index is -0.578. The molecule has 6 nitrogen and oxygen atoms in total. The summed E-state index contributed by atoms with van der Waals surface area (Å²) in [5.74, 6) is 0.563. The molecule has 1 aromatic rings. The molecule has 3 aliphatic heterocycles. The van der Waals surface area contributed by atoms with Gasteiger partial charge in [-0.15, -0.1) is 0 Å². The van der Waals surface area contributed by atoms with Crippen LogP contribution >= 0.6 is 0 Å². The molecule has 174 valence electrons. The highest BCUT2D eigenvalue weighted by molar-refractivity contribution is 5.13. The molecular weight excluding hydrogens is 396 g/mol. The smallest absolute Gasteiger partial charge is 0.164 e. The first-order valence-electron chi connectivity index (χ1n) is 11.6. The largest absolute Gasteiger partial charge is 0.374 e. The van der Waals surface area contributed by atoms with E-state index >= 15 is 0 Å². The van der Waals surface area contributed by atoms with E-state index in [1.165, 1.54) is 5.56 Å². The predicted octanol–water partition coefficient (Wildman–Crippen LogP) is 4.16. The van der Waals surface area contributed by atoms with Crippen molar-refractivity contribution in [2.45, 2.75) is 90.7 Å². The average molecular weight is 435 g/mol. The molecule has 1 aromatic carbocycles. The zero-order chi connectivity index (χ0) is 22.2. The molecule has 4 rings (SSSR count). The van der Waals surface area contributed by atoms with Crippen LogP contribution in [0, 0.1) is 17.8 Å². The lowest BCUT2D eigenvalue weighted by atomic mass is 9.79. The molecule has 31 heavy (non-hydrogen) atoms. The van der Waals surface area contributed by atoms with Gasteiger partial charge in [0.25, 0.3) is 0 Å². The minimum Gasteiger partial charge on any atom is -0.374 e. The van der Waals surface area contributed by atoms with Crippen LogP contribution in [0.15, 0.2) is 30.3 Å². The van der Waals surface area contributed by atoms with Crippen LogP contribution in [-0.4, -0.2) is 55.8 Å². The van der Waals surface area contributed by atoms with Crippen molar-refractivity contribution in [3.8, 4) is 0 Å². The standard InChI is InChI=1S/C25H38O6/c1-15-16(2)20(13-26-12-19-10-8-7-9-11-19)29-24(17(15)3)27-14-21-23-22(18(4)28-21)30-25(5,6)31-23/h7-11,15-18,20-24H,12-14H2,1-6H3. The van der Waals surface area contributed by atoms with Crippen LogP contribution in [0.2, 0.25) is 0 Å². The molecule has 9 atom stereocenters. The summed E-state index contributed by atoms with van der Waals surface area (Å²) in [7, 11) is 0. The molecule has 0 saturated carbocycles. The van der Waals surface area contributed by atoms with Crippen molar-refractivity contribution in [1.82, 2.24) is 0 Å². The van der Waals surface area contributed by atoms with Gasteiger partial charge in [-0.3, -0.25) is 0 Å². The van der Waals surface area contributed by atoms with Crippen LogP contribution in [0.1, 0.15) is 47.1 Å². The highest BCUT2D eigenvalue weighted by Gasteiger charge is 2.54. The van der Waals surface area contributed by atoms with Gasteiger partial charge in [0, 0.05) is 5.92 Å². The molecule has 9 unspecified atom stereocenters. The highest BCUT2D eigenvalue weighted by Crippen LogP contribution is 2.40. The Morgan fingerprint density at radius 1 is 0.806 bits per heavy atom. The third-order valence-corrected chi connectivity index (χ3v) is 7.18. The van der Waals surface area contributed by atoms with E-state index in [9.17, 15) is 0 Å². The number of hydrogen-bond acceptors (Lipinski definition) is 6. The molecular formula is C25H38O6. The Kier molecular flexibility index (Phi) is 7.06. The lowest BCUT2D eigenvalue weighted by Crippen LogP contribution is -2.48. The normalized spacial score (nSPS) is 41.9. The second-order valence-electron chi connectivity index (χ2n) is 9.90. The third-order valence-electron chi connectivity index (χ3n) is 7.18. The van der Waals surface area contributed by atoms with E-state index in [1.54, 1.807) is 0 Å². The topological polar surface area (TPSA) is 55.4 Å². The quantitative estimate of drug-likeness (QED) is 0.642. The van der Waals surface area contributed by atoms with Crippen molar-refractivity contribution in [1.29, 1.82) is 0 Å². The Labute approximate surface area is 186 Å². The second kappa shape index (κ2) is 9.46. The summed E-state index contributed by atoms with van der Waals surface area (Å²) in [6.45, 7) is 14.2. The Morgan fingerprint density at radius 2 is 1.52 bits per heavy atom. The molecule has 0 bridgehead atoms. The summed E-state index contributed by atoms with van der Waals surface area (Å²) in [6.07, 6.45) is -0.606. The van der Waals surface area contributed by atoms with Crippen LogP contribution in [-0.2, 0) is 35.0 Å². The van der Waals surface area contributed by atoms with Gasteiger partial charge in [-0.2, -0.15) is 0 Å². The highest BCUT2D eigenvalue weighted by atomic mass is 16.8. The van der Waals surface area contributed by atoms with Crippen molar-refractivity contribution >= 4 is 0 Å².